The van der Waals surface area contributed by atoms with Gasteiger partial charge in [0.1, 0.15) is 0 Å². The van der Waals surface area contributed by atoms with E-state index in [9.17, 15) is 4.79 Å². The van der Waals surface area contributed by atoms with Crippen molar-refractivity contribution in [3.63, 3.8) is 0 Å². The summed E-state index contributed by atoms with van der Waals surface area (Å²) >= 11 is 0. The molecule has 1 fully saturated rings. The Labute approximate surface area is 211 Å². The Kier molecular flexibility index (Phi) is 14.6. The number of guanidine groups is 1. The highest BCUT2D eigenvalue weighted by Crippen LogP contribution is 2.22. The zero-order valence-electron chi connectivity index (χ0n) is 20.3. The molecule has 1 heterocycles. The van der Waals surface area contributed by atoms with Crippen LogP contribution >= 0.6 is 24.0 Å². The molecule has 0 spiro atoms. The molecule has 1 amide bonds. The van der Waals surface area contributed by atoms with Crippen LogP contribution in [0, 0.1) is 5.92 Å². The molecule has 0 radical (unpaired) electrons. The van der Waals surface area contributed by atoms with Gasteiger partial charge in [0.05, 0.1) is 19.7 Å². The summed E-state index contributed by atoms with van der Waals surface area (Å²) in [6.07, 6.45) is 4.86. The fraction of sp³-hybridized carbons (Fsp3) is 0.667. The summed E-state index contributed by atoms with van der Waals surface area (Å²) < 4.78 is 5.15. The summed E-state index contributed by atoms with van der Waals surface area (Å²) in [5, 5.41) is 3.30. The van der Waals surface area contributed by atoms with Crippen LogP contribution in [0.4, 0.5) is 0 Å². The van der Waals surface area contributed by atoms with Crippen LogP contribution in [0.15, 0.2) is 35.3 Å². The Hall–Kier alpha value is -1.39. The van der Waals surface area contributed by atoms with Gasteiger partial charge in [-0.1, -0.05) is 30.3 Å². The van der Waals surface area contributed by atoms with E-state index in [-0.39, 0.29) is 36.4 Å². The zero-order chi connectivity index (χ0) is 22.5. The smallest absolute Gasteiger partial charge is 0.241 e. The molecule has 1 N–H and O–H groups in total. The number of carbonyl (C=O) groups excluding carboxylic acids is 1. The van der Waals surface area contributed by atoms with Crippen molar-refractivity contribution in [3.05, 3.63) is 35.9 Å². The van der Waals surface area contributed by atoms with Gasteiger partial charge in [-0.15, -0.1) is 24.0 Å². The average molecular weight is 560 g/mol. The molecule has 7 nitrogen and oxygen atoms in total. The Morgan fingerprint density at radius 1 is 1.16 bits per heavy atom. The first-order chi connectivity index (χ1) is 15.0. The molecule has 2 rings (SSSR count). The molecular formula is C24H42IN5O2. The number of hydrogen-bond acceptors (Lipinski definition) is 4. The number of aliphatic imine (C=N–C) groups is 1. The second-order valence-electron chi connectivity index (χ2n) is 8.64. The van der Waals surface area contributed by atoms with Crippen molar-refractivity contribution in [1.82, 2.24) is 20.0 Å². The molecule has 8 heteroatoms. The number of likely N-dealkylation sites (tertiary alicyclic amines) is 1. The van der Waals surface area contributed by atoms with E-state index >= 15 is 0 Å². The summed E-state index contributed by atoms with van der Waals surface area (Å²) in [5.41, 5.74) is 1.17. The van der Waals surface area contributed by atoms with Crippen molar-refractivity contribution in [2.24, 2.45) is 10.9 Å². The molecular weight excluding hydrogens is 517 g/mol. The number of benzene rings is 1. The predicted molar refractivity (Wildman–Crippen MR) is 143 cm³/mol. The topological polar surface area (TPSA) is 60.4 Å². The van der Waals surface area contributed by atoms with Crippen LogP contribution in [0.5, 0.6) is 0 Å². The van der Waals surface area contributed by atoms with E-state index in [1.54, 1.807) is 26.1 Å². The Balaban J connectivity index is 0.00000512. The number of likely N-dealkylation sites (N-methyl/N-ethyl adjacent to an activating group) is 2. The number of carbonyl (C=O) groups is 1. The van der Waals surface area contributed by atoms with Crippen molar-refractivity contribution in [1.29, 1.82) is 0 Å². The highest BCUT2D eigenvalue weighted by atomic mass is 127. The lowest BCUT2D eigenvalue weighted by Crippen LogP contribution is -2.48. The normalized spacial score (nSPS) is 14.9. The number of hydrogen-bond donors (Lipinski definition) is 1. The van der Waals surface area contributed by atoms with Gasteiger partial charge in [-0.2, -0.15) is 0 Å². The zero-order valence-corrected chi connectivity index (χ0v) is 22.6. The van der Waals surface area contributed by atoms with Gasteiger partial charge in [-0.05, 0) is 50.8 Å². The number of nitrogens with zero attached hydrogens (tertiary/aromatic N) is 4. The van der Waals surface area contributed by atoms with Gasteiger partial charge in [-0.25, -0.2) is 4.99 Å². The first kappa shape index (κ1) is 28.6. The quantitative estimate of drug-likeness (QED) is 0.257. The van der Waals surface area contributed by atoms with Gasteiger partial charge in [0, 0.05) is 40.8 Å². The maximum atomic E-state index is 12.1. The van der Waals surface area contributed by atoms with Crippen LogP contribution in [0.2, 0.25) is 0 Å². The maximum absolute atomic E-state index is 12.1. The highest BCUT2D eigenvalue weighted by molar-refractivity contribution is 14.0. The number of amides is 1. The molecule has 0 atom stereocenters. The van der Waals surface area contributed by atoms with E-state index in [1.807, 2.05) is 18.2 Å². The van der Waals surface area contributed by atoms with E-state index in [2.05, 4.69) is 34.3 Å². The third kappa shape index (κ3) is 11.0. The van der Waals surface area contributed by atoms with Gasteiger partial charge < -0.3 is 24.8 Å². The Bertz CT molecular complexity index is 664. The standard InChI is InChI=1S/C24H41N5O2.HI/c1-27(2)23(30)20-26-24(25-19-22-9-6-5-7-10-22)29-15-12-21(13-16-29)11-8-14-28(3)17-18-31-4;/h5-7,9-10,21H,8,11-20H2,1-4H3,(H,25,26);1H. The van der Waals surface area contributed by atoms with Gasteiger partial charge in [0.25, 0.3) is 0 Å². The first-order valence-electron chi connectivity index (χ1n) is 11.4. The van der Waals surface area contributed by atoms with Crippen molar-refractivity contribution in [2.75, 3.05) is 67.6 Å². The maximum Gasteiger partial charge on any atom is 0.241 e. The fourth-order valence-corrected chi connectivity index (χ4v) is 3.77. The number of halogens is 1. The summed E-state index contributed by atoms with van der Waals surface area (Å²) in [6.45, 7) is 5.78. The van der Waals surface area contributed by atoms with E-state index < -0.39 is 0 Å². The molecule has 0 bridgehead atoms. The number of rotatable bonds is 11. The van der Waals surface area contributed by atoms with Crippen LogP contribution in [0.25, 0.3) is 0 Å². The molecule has 1 aliphatic rings. The van der Waals surface area contributed by atoms with E-state index in [1.165, 1.54) is 31.2 Å². The largest absolute Gasteiger partial charge is 0.383 e. The van der Waals surface area contributed by atoms with Crippen molar-refractivity contribution in [2.45, 2.75) is 32.2 Å². The number of methoxy groups -OCH3 is 1. The minimum atomic E-state index is 0. The van der Waals surface area contributed by atoms with Crippen molar-refractivity contribution >= 4 is 35.8 Å². The van der Waals surface area contributed by atoms with Crippen LogP contribution in [-0.4, -0.2) is 94.1 Å². The predicted octanol–water partition coefficient (Wildman–Crippen LogP) is 2.91. The van der Waals surface area contributed by atoms with E-state index in [4.69, 9.17) is 9.73 Å². The Morgan fingerprint density at radius 3 is 2.47 bits per heavy atom. The molecule has 1 aliphatic heterocycles. The molecule has 0 unspecified atom stereocenters. The summed E-state index contributed by atoms with van der Waals surface area (Å²) in [4.78, 5) is 23.2. The molecule has 1 saturated heterocycles. The van der Waals surface area contributed by atoms with E-state index in [0.717, 1.165) is 44.7 Å². The fourth-order valence-electron chi connectivity index (χ4n) is 3.77. The highest BCUT2D eigenvalue weighted by Gasteiger charge is 2.22. The minimum absolute atomic E-state index is 0. The first-order valence-corrected chi connectivity index (χ1v) is 11.4. The second kappa shape index (κ2) is 16.3. The number of nitrogens with one attached hydrogen (secondary N) is 1. The average Bonchev–Trinajstić information content (AvgIpc) is 2.78. The lowest BCUT2D eigenvalue weighted by molar-refractivity contribution is -0.127. The third-order valence-corrected chi connectivity index (χ3v) is 5.89. The molecule has 0 aromatic heterocycles. The van der Waals surface area contributed by atoms with Gasteiger partial charge in [-0.3, -0.25) is 4.79 Å². The molecule has 1 aromatic rings. The summed E-state index contributed by atoms with van der Waals surface area (Å²) in [5.74, 6) is 1.67. The summed E-state index contributed by atoms with van der Waals surface area (Å²) in [6, 6.07) is 10.3. The van der Waals surface area contributed by atoms with Crippen LogP contribution in [0.3, 0.4) is 0 Å². The number of piperidine rings is 1. The lowest BCUT2D eigenvalue weighted by atomic mass is 9.92. The van der Waals surface area contributed by atoms with Crippen LogP contribution < -0.4 is 5.32 Å². The second-order valence-corrected chi connectivity index (χ2v) is 8.64. The van der Waals surface area contributed by atoms with Crippen molar-refractivity contribution < 1.29 is 9.53 Å². The van der Waals surface area contributed by atoms with Crippen molar-refractivity contribution in [3.8, 4) is 0 Å². The van der Waals surface area contributed by atoms with Crippen LogP contribution in [0.1, 0.15) is 31.2 Å². The summed E-state index contributed by atoms with van der Waals surface area (Å²) in [7, 11) is 7.48. The lowest BCUT2D eigenvalue weighted by Gasteiger charge is -2.34. The van der Waals surface area contributed by atoms with Gasteiger partial charge in [0.15, 0.2) is 5.96 Å². The van der Waals surface area contributed by atoms with E-state index in [0.29, 0.717) is 6.54 Å². The van der Waals surface area contributed by atoms with Gasteiger partial charge >= 0.3 is 0 Å². The molecule has 182 valence electrons. The molecule has 32 heavy (non-hydrogen) atoms. The molecule has 0 aliphatic carbocycles. The van der Waals surface area contributed by atoms with Gasteiger partial charge in [0.2, 0.25) is 5.91 Å². The Morgan fingerprint density at radius 2 is 1.84 bits per heavy atom. The minimum Gasteiger partial charge on any atom is -0.383 e. The number of ether oxygens (including phenoxy) is 1. The SMILES string of the molecule is COCCN(C)CCCC1CCN(C(=NCc2ccccc2)NCC(=O)N(C)C)CC1.I. The molecule has 0 saturated carbocycles. The monoisotopic (exact) mass is 559 g/mol. The molecule has 1 aromatic carbocycles. The third-order valence-electron chi connectivity index (χ3n) is 5.89. The van der Waals surface area contributed by atoms with Crippen LogP contribution in [-0.2, 0) is 16.1 Å².